The van der Waals surface area contributed by atoms with Crippen molar-refractivity contribution in [2.45, 2.75) is 25.1 Å². The normalized spacial score (nSPS) is 12.5. The van der Waals surface area contributed by atoms with E-state index in [0.29, 0.717) is 12.0 Å². The number of hydrogen-bond donors (Lipinski definition) is 1. The van der Waals surface area contributed by atoms with Crippen LogP contribution in [0.3, 0.4) is 0 Å². The SMILES string of the molecule is C=CC[C@H](NC(=O)Cc1ccc(C(F)(F)F)cc1)c1ccncc1. The van der Waals surface area contributed by atoms with Crippen LogP contribution in [0, 0.1) is 0 Å². The zero-order valence-corrected chi connectivity index (χ0v) is 12.9. The fourth-order valence-electron chi connectivity index (χ4n) is 2.28. The van der Waals surface area contributed by atoms with Crippen molar-refractivity contribution >= 4 is 5.91 Å². The molecule has 0 aliphatic rings. The highest BCUT2D eigenvalue weighted by Crippen LogP contribution is 2.29. The van der Waals surface area contributed by atoms with Crippen molar-refractivity contribution < 1.29 is 18.0 Å². The second kappa shape index (κ2) is 7.77. The largest absolute Gasteiger partial charge is 0.416 e. The number of halogens is 3. The van der Waals surface area contributed by atoms with Gasteiger partial charge in [-0.2, -0.15) is 13.2 Å². The van der Waals surface area contributed by atoms with Crippen LogP contribution in [0.15, 0.2) is 61.4 Å². The fraction of sp³-hybridized carbons (Fsp3) is 0.222. The van der Waals surface area contributed by atoms with Gasteiger partial charge in [-0.25, -0.2) is 0 Å². The maximum atomic E-state index is 12.5. The number of nitrogens with one attached hydrogen (secondary N) is 1. The summed E-state index contributed by atoms with van der Waals surface area (Å²) < 4.78 is 37.6. The van der Waals surface area contributed by atoms with Crippen LogP contribution in [0.1, 0.15) is 29.2 Å². The fourth-order valence-corrected chi connectivity index (χ4v) is 2.28. The maximum Gasteiger partial charge on any atom is 0.416 e. The minimum absolute atomic E-state index is 0.0108. The second-order valence-electron chi connectivity index (χ2n) is 5.30. The van der Waals surface area contributed by atoms with Gasteiger partial charge in [0.2, 0.25) is 5.91 Å². The summed E-state index contributed by atoms with van der Waals surface area (Å²) >= 11 is 0. The van der Waals surface area contributed by atoms with Crippen molar-refractivity contribution in [3.05, 3.63) is 78.1 Å². The van der Waals surface area contributed by atoms with Gasteiger partial charge in [-0.1, -0.05) is 18.2 Å². The first kappa shape index (κ1) is 17.7. The number of carbonyl (C=O) groups excluding carboxylic acids is 1. The summed E-state index contributed by atoms with van der Waals surface area (Å²) in [4.78, 5) is 16.1. The first-order valence-corrected chi connectivity index (χ1v) is 7.36. The van der Waals surface area contributed by atoms with Gasteiger partial charge in [0, 0.05) is 12.4 Å². The zero-order valence-electron chi connectivity index (χ0n) is 12.9. The topological polar surface area (TPSA) is 42.0 Å². The quantitative estimate of drug-likeness (QED) is 0.809. The van der Waals surface area contributed by atoms with E-state index in [1.165, 1.54) is 12.1 Å². The lowest BCUT2D eigenvalue weighted by atomic mass is 10.0. The number of aromatic nitrogens is 1. The Morgan fingerprint density at radius 2 is 1.79 bits per heavy atom. The lowest BCUT2D eigenvalue weighted by Crippen LogP contribution is -2.29. The first-order chi connectivity index (χ1) is 11.4. The molecule has 1 aromatic heterocycles. The molecule has 6 heteroatoms. The van der Waals surface area contributed by atoms with Crippen LogP contribution in [0.4, 0.5) is 13.2 Å². The highest BCUT2D eigenvalue weighted by atomic mass is 19.4. The Bertz CT molecular complexity index is 682. The number of benzene rings is 1. The summed E-state index contributed by atoms with van der Waals surface area (Å²) in [5.41, 5.74) is 0.686. The van der Waals surface area contributed by atoms with E-state index >= 15 is 0 Å². The lowest BCUT2D eigenvalue weighted by molar-refractivity contribution is -0.137. The number of nitrogens with zero attached hydrogens (tertiary/aromatic N) is 1. The van der Waals surface area contributed by atoms with Gasteiger partial charge in [0.1, 0.15) is 0 Å². The Balaban J connectivity index is 2.02. The molecule has 1 aromatic carbocycles. The third kappa shape index (κ3) is 4.94. The molecule has 0 aliphatic heterocycles. The predicted octanol–water partition coefficient (Wildman–Crippen LogP) is 4.08. The Morgan fingerprint density at radius 1 is 1.17 bits per heavy atom. The molecule has 1 atom stereocenters. The van der Waals surface area contributed by atoms with Crippen molar-refractivity contribution in [1.82, 2.24) is 10.3 Å². The number of rotatable bonds is 6. The Morgan fingerprint density at radius 3 is 2.33 bits per heavy atom. The van der Waals surface area contributed by atoms with Crippen molar-refractivity contribution in [2.24, 2.45) is 0 Å². The van der Waals surface area contributed by atoms with Crippen LogP contribution < -0.4 is 5.32 Å². The summed E-state index contributed by atoms with van der Waals surface area (Å²) in [5, 5.41) is 2.87. The molecule has 126 valence electrons. The van der Waals surface area contributed by atoms with Gasteiger partial charge in [0.25, 0.3) is 0 Å². The van der Waals surface area contributed by atoms with E-state index in [4.69, 9.17) is 0 Å². The number of hydrogen-bond acceptors (Lipinski definition) is 2. The number of alkyl halides is 3. The number of pyridine rings is 1. The molecule has 0 saturated heterocycles. The number of amides is 1. The first-order valence-electron chi connectivity index (χ1n) is 7.36. The lowest BCUT2D eigenvalue weighted by Gasteiger charge is -2.17. The zero-order chi connectivity index (χ0) is 17.6. The minimum Gasteiger partial charge on any atom is -0.349 e. The summed E-state index contributed by atoms with van der Waals surface area (Å²) in [6.45, 7) is 3.68. The summed E-state index contributed by atoms with van der Waals surface area (Å²) in [7, 11) is 0. The molecule has 24 heavy (non-hydrogen) atoms. The standard InChI is InChI=1S/C18H17F3N2O/c1-2-3-16(14-8-10-22-11-9-14)23-17(24)12-13-4-6-15(7-5-13)18(19,20)21/h2,4-11,16H,1,3,12H2,(H,23,24)/t16-/m0/s1. The van der Waals surface area contributed by atoms with Crippen LogP contribution in [-0.2, 0) is 17.4 Å². The van der Waals surface area contributed by atoms with Crippen LogP contribution in [0.25, 0.3) is 0 Å². The van der Waals surface area contributed by atoms with E-state index in [9.17, 15) is 18.0 Å². The Kier molecular flexibility index (Phi) is 5.73. The molecular formula is C18H17F3N2O. The third-order valence-corrected chi connectivity index (χ3v) is 3.49. The van der Waals surface area contributed by atoms with Gasteiger partial charge in [0.05, 0.1) is 18.0 Å². The molecule has 0 fully saturated rings. The van der Waals surface area contributed by atoms with E-state index in [1.807, 2.05) is 0 Å². The van der Waals surface area contributed by atoms with Crippen LogP contribution in [-0.4, -0.2) is 10.9 Å². The predicted molar refractivity (Wildman–Crippen MR) is 85.1 cm³/mol. The van der Waals surface area contributed by atoms with Crippen LogP contribution in [0.5, 0.6) is 0 Å². The van der Waals surface area contributed by atoms with Gasteiger partial charge >= 0.3 is 6.18 Å². The second-order valence-corrected chi connectivity index (χ2v) is 5.30. The maximum absolute atomic E-state index is 12.5. The molecule has 2 aromatic rings. The highest BCUT2D eigenvalue weighted by molar-refractivity contribution is 5.79. The average molecular weight is 334 g/mol. The molecular weight excluding hydrogens is 317 g/mol. The van der Waals surface area contributed by atoms with Crippen molar-refractivity contribution in [3.8, 4) is 0 Å². The van der Waals surface area contributed by atoms with Crippen molar-refractivity contribution in [3.63, 3.8) is 0 Å². The van der Waals surface area contributed by atoms with E-state index in [2.05, 4.69) is 16.9 Å². The minimum atomic E-state index is -4.38. The summed E-state index contributed by atoms with van der Waals surface area (Å²) in [6.07, 6.45) is 1.14. The molecule has 0 radical (unpaired) electrons. The Hall–Kier alpha value is -2.63. The van der Waals surface area contributed by atoms with Gasteiger partial charge in [-0.05, 0) is 41.8 Å². The number of carbonyl (C=O) groups is 1. The van der Waals surface area contributed by atoms with Crippen molar-refractivity contribution in [1.29, 1.82) is 0 Å². The molecule has 1 N–H and O–H groups in total. The summed E-state index contributed by atoms with van der Waals surface area (Å²) in [5.74, 6) is -0.265. The molecule has 0 aliphatic carbocycles. The van der Waals surface area contributed by atoms with E-state index < -0.39 is 11.7 Å². The Labute approximate surface area is 138 Å². The van der Waals surface area contributed by atoms with E-state index in [1.54, 1.807) is 30.6 Å². The van der Waals surface area contributed by atoms with Gasteiger partial charge in [0.15, 0.2) is 0 Å². The monoisotopic (exact) mass is 334 g/mol. The molecule has 1 amide bonds. The molecule has 1 heterocycles. The average Bonchev–Trinajstić information content (AvgIpc) is 2.55. The molecule has 0 bridgehead atoms. The molecule has 0 spiro atoms. The van der Waals surface area contributed by atoms with Crippen LogP contribution >= 0.6 is 0 Å². The van der Waals surface area contributed by atoms with Crippen molar-refractivity contribution in [2.75, 3.05) is 0 Å². The van der Waals surface area contributed by atoms with Crippen LogP contribution in [0.2, 0.25) is 0 Å². The molecule has 2 rings (SSSR count). The molecule has 0 unspecified atom stereocenters. The third-order valence-electron chi connectivity index (χ3n) is 3.49. The molecule has 0 saturated carbocycles. The van der Waals surface area contributed by atoms with E-state index in [-0.39, 0.29) is 18.4 Å². The smallest absolute Gasteiger partial charge is 0.349 e. The van der Waals surface area contributed by atoms with E-state index in [0.717, 1.165) is 17.7 Å². The van der Waals surface area contributed by atoms with Gasteiger partial charge in [-0.3, -0.25) is 9.78 Å². The summed E-state index contributed by atoms with van der Waals surface area (Å²) in [6, 6.07) is 7.94. The highest BCUT2D eigenvalue weighted by Gasteiger charge is 2.30. The molecule has 3 nitrogen and oxygen atoms in total. The van der Waals surface area contributed by atoms with Gasteiger partial charge in [-0.15, -0.1) is 6.58 Å². The van der Waals surface area contributed by atoms with Gasteiger partial charge < -0.3 is 5.32 Å².